The zero-order valence-corrected chi connectivity index (χ0v) is 23.1. The maximum absolute atomic E-state index is 13.9. The van der Waals surface area contributed by atoms with Gasteiger partial charge >= 0.3 is 5.97 Å². The Hall–Kier alpha value is -4.51. The number of nitrogens with zero attached hydrogens (tertiary/aromatic N) is 1. The minimum Gasteiger partial charge on any atom is -0.465 e. The molecule has 1 aromatic heterocycles. The average Bonchev–Trinajstić information content (AvgIpc) is 3.49. The van der Waals surface area contributed by atoms with Crippen LogP contribution in [0.15, 0.2) is 65.1 Å². The second-order valence-electron chi connectivity index (χ2n) is 9.23. The summed E-state index contributed by atoms with van der Waals surface area (Å²) in [5, 5.41) is 6.36. The summed E-state index contributed by atoms with van der Waals surface area (Å²) in [7, 11) is 1.15. The molecule has 0 aliphatic heterocycles. The number of hydrogen-bond donors (Lipinski definition) is 2. The highest BCUT2D eigenvalue weighted by molar-refractivity contribution is 5.93. The first kappa shape index (κ1) is 31.0. The van der Waals surface area contributed by atoms with E-state index in [0.29, 0.717) is 18.4 Å². The first-order valence-corrected chi connectivity index (χ1v) is 13.3. The van der Waals surface area contributed by atoms with Gasteiger partial charge in [0.05, 0.1) is 31.8 Å². The Bertz CT molecular complexity index is 1310. The van der Waals surface area contributed by atoms with Crippen LogP contribution in [-0.2, 0) is 25.8 Å². The van der Waals surface area contributed by atoms with Gasteiger partial charge in [-0.1, -0.05) is 56.5 Å². The van der Waals surface area contributed by atoms with Crippen LogP contribution in [0.2, 0.25) is 0 Å². The van der Waals surface area contributed by atoms with E-state index >= 15 is 0 Å². The predicted octanol–water partition coefficient (Wildman–Crippen LogP) is 4.46. The Balaban J connectivity index is 1.55. The summed E-state index contributed by atoms with van der Waals surface area (Å²) in [6.45, 7) is 2.13. The summed E-state index contributed by atoms with van der Waals surface area (Å²) in [5.74, 6) is -2.85. The largest absolute Gasteiger partial charge is 0.465 e. The Labute approximate surface area is 237 Å². The average molecular weight is 568 g/mol. The van der Waals surface area contributed by atoms with Gasteiger partial charge in [0, 0.05) is 5.56 Å². The smallest absolute Gasteiger partial charge is 0.340 e. The molecule has 0 fully saturated rings. The number of methoxy groups -OCH3 is 1. The molecule has 0 aliphatic carbocycles. The monoisotopic (exact) mass is 567 g/mol. The van der Waals surface area contributed by atoms with Crippen LogP contribution in [0.25, 0.3) is 11.3 Å². The lowest BCUT2D eigenvalue weighted by Gasteiger charge is -2.23. The number of halogens is 1. The zero-order chi connectivity index (χ0) is 29.6. The molecule has 11 heteroatoms. The number of amides is 3. The van der Waals surface area contributed by atoms with E-state index in [1.807, 2.05) is 30.3 Å². The van der Waals surface area contributed by atoms with Gasteiger partial charge < -0.3 is 19.8 Å². The van der Waals surface area contributed by atoms with Gasteiger partial charge in [0.2, 0.25) is 12.3 Å². The number of nitrogens with one attached hydrogen (secondary N) is 2. The van der Waals surface area contributed by atoms with Gasteiger partial charge in [0.15, 0.2) is 5.76 Å². The second-order valence-corrected chi connectivity index (χ2v) is 9.23. The molecule has 0 saturated heterocycles. The van der Waals surface area contributed by atoms with Crippen molar-refractivity contribution in [1.82, 2.24) is 15.7 Å². The van der Waals surface area contributed by atoms with Crippen LogP contribution in [0, 0.1) is 11.7 Å². The summed E-state index contributed by atoms with van der Waals surface area (Å²) >= 11 is 0. The first-order valence-electron chi connectivity index (χ1n) is 13.3. The fourth-order valence-electron chi connectivity index (χ4n) is 4.02. The van der Waals surface area contributed by atoms with Crippen LogP contribution in [0.3, 0.4) is 0 Å². The number of hydroxylamine groups is 2. The molecule has 1 atom stereocenters. The standard InChI is InChI=1S/C30H34FN3O7/c1-3-4-6-11-23(17-34(20-35)40-18-21-9-7-5-8-10-21)28(36)32-19-33-29(37)27-15-14-26(41-27)22-12-13-25(31)24(16-22)30(38)39-2/h5,7-10,12-16,20,23H,3-4,6,11,17-19H2,1-2H3,(H,32,36)(H,33,37)/t23-/m1/s1. The van der Waals surface area contributed by atoms with E-state index < -0.39 is 23.6 Å². The third-order valence-corrected chi connectivity index (χ3v) is 6.28. The van der Waals surface area contributed by atoms with Crippen molar-refractivity contribution in [2.24, 2.45) is 5.92 Å². The Morgan fingerprint density at radius 3 is 2.54 bits per heavy atom. The summed E-state index contributed by atoms with van der Waals surface area (Å²) in [6.07, 6.45) is 3.79. The number of unbranched alkanes of at least 4 members (excludes halogenated alkanes) is 2. The Morgan fingerprint density at radius 2 is 1.83 bits per heavy atom. The first-order chi connectivity index (χ1) is 19.9. The van der Waals surface area contributed by atoms with Crippen LogP contribution in [0.1, 0.15) is 59.1 Å². The number of carbonyl (C=O) groups is 4. The van der Waals surface area contributed by atoms with E-state index in [2.05, 4.69) is 22.3 Å². The van der Waals surface area contributed by atoms with Crippen LogP contribution >= 0.6 is 0 Å². The predicted molar refractivity (Wildman–Crippen MR) is 148 cm³/mol. The SMILES string of the molecule is CCCCC[C@H](CN(C=O)OCc1ccccc1)C(=O)NCNC(=O)c1ccc(-c2ccc(F)c(C(=O)OC)c2)o1. The van der Waals surface area contributed by atoms with E-state index in [1.165, 1.54) is 24.3 Å². The molecule has 0 aliphatic rings. The van der Waals surface area contributed by atoms with Crippen molar-refractivity contribution in [1.29, 1.82) is 0 Å². The topological polar surface area (TPSA) is 127 Å². The Kier molecular flexibility index (Phi) is 12.0. The van der Waals surface area contributed by atoms with E-state index in [0.717, 1.165) is 43.1 Å². The number of carbonyl (C=O) groups excluding carboxylic acids is 4. The normalized spacial score (nSPS) is 11.4. The van der Waals surface area contributed by atoms with Crippen molar-refractivity contribution < 1.29 is 37.6 Å². The molecule has 0 unspecified atom stereocenters. The summed E-state index contributed by atoms with van der Waals surface area (Å²) in [5.41, 5.74) is 1.00. The molecule has 0 bridgehead atoms. The molecule has 218 valence electrons. The third kappa shape index (κ3) is 9.28. The number of ether oxygens (including phenoxy) is 1. The van der Waals surface area contributed by atoms with Crippen molar-refractivity contribution >= 4 is 24.2 Å². The highest BCUT2D eigenvalue weighted by atomic mass is 19.1. The lowest BCUT2D eigenvalue weighted by atomic mass is 10.0. The summed E-state index contributed by atoms with van der Waals surface area (Å²) in [6, 6.07) is 16.1. The van der Waals surface area contributed by atoms with E-state index in [1.54, 1.807) is 0 Å². The van der Waals surface area contributed by atoms with Crippen LogP contribution < -0.4 is 10.6 Å². The van der Waals surface area contributed by atoms with E-state index in [4.69, 9.17) is 9.25 Å². The number of hydrogen-bond acceptors (Lipinski definition) is 7. The molecule has 0 radical (unpaired) electrons. The maximum Gasteiger partial charge on any atom is 0.340 e. The summed E-state index contributed by atoms with van der Waals surface area (Å²) in [4.78, 5) is 54.6. The number of benzene rings is 2. The van der Waals surface area contributed by atoms with Gasteiger partial charge in [0.1, 0.15) is 18.2 Å². The minimum absolute atomic E-state index is 0.0425. The van der Waals surface area contributed by atoms with E-state index in [9.17, 15) is 23.6 Å². The molecule has 0 spiro atoms. The van der Waals surface area contributed by atoms with E-state index in [-0.39, 0.29) is 42.8 Å². The quantitative estimate of drug-likeness (QED) is 0.0860. The molecule has 41 heavy (non-hydrogen) atoms. The molecule has 2 aromatic carbocycles. The van der Waals surface area contributed by atoms with Crippen LogP contribution in [0.5, 0.6) is 0 Å². The van der Waals surface area contributed by atoms with Gasteiger partial charge in [-0.25, -0.2) is 14.2 Å². The lowest BCUT2D eigenvalue weighted by Crippen LogP contribution is -2.43. The van der Waals surface area contributed by atoms with Crippen LogP contribution in [-0.4, -0.2) is 49.6 Å². The molecule has 0 saturated carbocycles. The van der Waals surface area contributed by atoms with Gasteiger partial charge in [-0.05, 0) is 42.3 Å². The van der Waals surface area contributed by atoms with Crippen molar-refractivity contribution in [3.63, 3.8) is 0 Å². The fourth-order valence-corrected chi connectivity index (χ4v) is 4.02. The molecule has 3 amide bonds. The van der Waals surface area contributed by atoms with Crippen molar-refractivity contribution in [2.75, 3.05) is 20.3 Å². The number of rotatable bonds is 16. The molecule has 10 nitrogen and oxygen atoms in total. The molecular formula is C30H34FN3O7. The van der Waals surface area contributed by atoms with Crippen molar-refractivity contribution in [2.45, 2.75) is 39.2 Å². The minimum atomic E-state index is -0.836. The van der Waals surface area contributed by atoms with Gasteiger partial charge in [-0.3, -0.25) is 19.2 Å². The second kappa shape index (κ2) is 15.9. The van der Waals surface area contributed by atoms with Crippen molar-refractivity contribution in [3.8, 4) is 11.3 Å². The molecular weight excluding hydrogens is 533 g/mol. The van der Waals surface area contributed by atoms with Crippen LogP contribution in [0.4, 0.5) is 4.39 Å². The fraction of sp³-hybridized carbons (Fsp3) is 0.333. The molecule has 2 N–H and O–H groups in total. The highest BCUT2D eigenvalue weighted by Gasteiger charge is 2.22. The highest BCUT2D eigenvalue weighted by Crippen LogP contribution is 2.25. The maximum atomic E-state index is 13.9. The molecule has 1 heterocycles. The lowest BCUT2D eigenvalue weighted by molar-refractivity contribution is -0.182. The van der Waals surface area contributed by atoms with Crippen molar-refractivity contribution in [3.05, 3.63) is 83.4 Å². The Morgan fingerprint density at radius 1 is 1.05 bits per heavy atom. The van der Waals surface area contributed by atoms with Gasteiger partial charge in [-0.15, -0.1) is 0 Å². The van der Waals surface area contributed by atoms with Gasteiger partial charge in [0.25, 0.3) is 5.91 Å². The molecule has 3 rings (SSSR count). The number of furan rings is 1. The van der Waals surface area contributed by atoms with Gasteiger partial charge in [-0.2, -0.15) is 0 Å². The summed E-state index contributed by atoms with van der Waals surface area (Å²) < 4.78 is 24.1. The zero-order valence-electron chi connectivity index (χ0n) is 23.1. The third-order valence-electron chi connectivity index (χ3n) is 6.28. The molecule has 3 aromatic rings. The number of esters is 1.